The summed E-state index contributed by atoms with van der Waals surface area (Å²) < 4.78 is 7.14. The van der Waals surface area contributed by atoms with Gasteiger partial charge in [-0.3, -0.25) is 14.2 Å². The van der Waals surface area contributed by atoms with Crippen LogP contribution in [0.15, 0.2) is 69.6 Å². The van der Waals surface area contributed by atoms with Crippen LogP contribution in [0.1, 0.15) is 56.3 Å². The summed E-state index contributed by atoms with van der Waals surface area (Å²) in [5.74, 6) is -0.295. The van der Waals surface area contributed by atoms with Crippen LogP contribution in [0.3, 0.4) is 0 Å². The minimum absolute atomic E-state index is 0.149. The number of esters is 1. The van der Waals surface area contributed by atoms with Crippen LogP contribution >= 0.6 is 11.3 Å². The predicted octanol–water partition coefficient (Wildman–Crippen LogP) is 3.49. The molecule has 0 fully saturated rings. The van der Waals surface area contributed by atoms with E-state index in [4.69, 9.17) is 4.74 Å². The Labute approximate surface area is 207 Å². The van der Waals surface area contributed by atoms with E-state index >= 15 is 0 Å². The maximum Gasteiger partial charge on any atom is 0.338 e. The van der Waals surface area contributed by atoms with Gasteiger partial charge in [0.25, 0.3) is 5.56 Å². The fourth-order valence-corrected chi connectivity index (χ4v) is 5.14. The molecule has 0 saturated heterocycles. The molecule has 35 heavy (non-hydrogen) atoms. The van der Waals surface area contributed by atoms with E-state index in [2.05, 4.69) is 24.2 Å². The molecule has 1 aliphatic rings. The van der Waals surface area contributed by atoms with Gasteiger partial charge in [0.1, 0.15) is 0 Å². The van der Waals surface area contributed by atoms with Crippen LogP contribution in [0.25, 0.3) is 6.08 Å². The smallest absolute Gasteiger partial charge is 0.338 e. The summed E-state index contributed by atoms with van der Waals surface area (Å²) >= 11 is 1.28. The number of nitrogens with one attached hydrogen (secondary N) is 1. The van der Waals surface area contributed by atoms with Gasteiger partial charge in [-0.05, 0) is 47.7 Å². The summed E-state index contributed by atoms with van der Waals surface area (Å²) in [5.41, 5.74) is 4.13. The van der Waals surface area contributed by atoms with Gasteiger partial charge < -0.3 is 10.1 Å². The number of anilines is 1. The SMILES string of the molecule is COC(=O)C1=C(C)N=c2s/c(=C\c3ccc(NC(C)=O)cc3)c(=O)n2[C@@H]1c1ccc(C(C)C)cc1. The Kier molecular flexibility index (Phi) is 6.84. The molecule has 4 rings (SSSR count). The lowest BCUT2D eigenvalue weighted by Gasteiger charge is -2.24. The fourth-order valence-electron chi connectivity index (χ4n) is 4.09. The van der Waals surface area contributed by atoms with Crippen molar-refractivity contribution in [1.82, 2.24) is 4.57 Å². The van der Waals surface area contributed by atoms with Crippen LogP contribution in [0.5, 0.6) is 0 Å². The third kappa shape index (κ3) is 4.88. The monoisotopic (exact) mass is 489 g/mol. The molecule has 2 aromatic carbocycles. The summed E-state index contributed by atoms with van der Waals surface area (Å²) in [6, 6.07) is 14.6. The van der Waals surface area contributed by atoms with Crippen molar-refractivity contribution in [2.45, 2.75) is 39.7 Å². The molecule has 180 valence electrons. The van der Waals surface area contributed by atoms with Crippen molar-refractivity contribution >= 4 is 35.0 Å². The molecule has 8 heteroatoms. The van der Waals surface area contributed by atoms with Crippen molar-refractivity contribution in [3.8, 4) is 0 Å². The van der Waals surface area contributed by atoms with Crippen molar-refractivity contribution in [1.29, 1.82) is 0 Å². The minimum atomic E-state index is -0.635. The Morgan fingerprint density at radius 3 is 2.34 bits per heavy atom. The molecule has 0 radical (unpaired) electrons. The number of hydrogen-bond acceptors (Lipinski definition) is 6. The summed E-state index contributed by atoms with van der Waals surface area (Å²) in [6.07, 6.45) is 1.79. The predicted molar refractivity (Wildman–Crippen MR) is 137 cm³/mol. The summed E-state index contributed by atoms with van der Waals surface area (Å²) in [5, 5.41) is 2.73. The van der Waals surface area contributed by atoms with Crippen LogP contribution in [-0.2, 0) is 14.3 Å². The second-order valence-electron chi connectivity index (χ2n) is 8.70. The standard InChI is InChI=1S/C27H27N3O4S/c1-15(2)19-8-10-20(11-9-19)24-23(26(33)34-5)16(3)28-27-30(24)25(32)22(35-27)14-18-6-12-21(13-7-18)29-17(4)31/h6-15,24H,1-5H3,(H,29,31)/b22-14-/t24-/m1/s1. The Hall–Kier alpha value is -3.78. The molecular formula is C27H27N3O4S. The molecule has 0 saturated carbocycles. The zero-order chi connectivity index (χ0) is 25.3. The highest BCUT2D eigenvalue weighted by molar-refractivity contribution is 7.07. The van der Waals surface area contributed by atoms with E-state index in [1.165, 1.54) is 30.9 Å². The van der Waals surface area contributed by atoms with Gasteiger partial charge in [-0.1, -0.05) is 61.6 Å². The number of nitrogens with zero attached hydrogens (tertiary/aromatic N) is 2. The van der Waals surface area contributed by atoms with Gasteiger partial charge in [-0.15, -0.1) is 0 Å². The van der Waals surface area contributed by atoms with Crippen molar-refractivity contribution in [3.63, 3.8) is 0 Å². The van der Waals surface area contributed by atoms with E-state index in [1.54, 1.807) is 29.7 Å². The number of rotatable bonds is 5. The fraction of sp³-hybridized carbons (Fsp3) is 0.259. The Morgan fingerprint density at radius 2 is 1.77 bits per heavy atom. The van der Waals surface area contributed by atoms with E-state index < -0.39 is 12.0 Å². The van der Waals surface area contributed by atoms with Crippen LogP contribution in [0.2, 0.25) is 0 Å². The highest BCUT2D eigenvalue weighted by Crippen LogP contribution is 2.31. The number of amides is 1. The molecule has 1 aromatic heterocycles. The van der Waals surface area contributed by atoms with Crippen LogP contribution in [0, 0.1) is 0 Å². The Balaban J connectivity index is 1.85. The lowest BCUT2D eigenvalue weighted by atomic mass is 9.93. The minimum Gasteiger partial charge on any atom is -0.466 e. The van der Waals surface area contributed by atoms with Crippen molar-refractivity contribution in [2.75, 3.05) is 12.4 Å². The molecule has 1 N–H and O–H groups in total. The molecule has 3 aromatic rings. The highest BCUT2D eigenvalue weighted by Gasteiger charge is 2.33. The first kappa shape index (κ1) is 24.3. The molecular weight excluding hydrogens is 462 g/mol. The molecule has 2 heterocycles. The molecule has 1 atom stereocenters. The van der Waals surface area contributed by atoms with Crippen molar-refractivity contribution in [2.24, 2.45) is 4.99 Å². The second-order valence-corrected chi connectivity index (χ2v) is 9.71. The van der Waals surface area contributed by atoms with Gasteiger partial charge in [-0.2, -0.15) is 0 Å². The number of benzene rings is 2. The van der Waals surface area contributed by atoms with Gasteiger partial charge in [0.2, 0.25) is 5.91 Å². The van der Waals surface area contributed by atoms with E-state index in [-0.39, 0.29) is 11.5 Å². The Morgan fingerprint density at radius 1 is 1.11 bits per heavy atom. The lowest BCUT2D eigenvalue weighted by molar-refractivity contribution is -0.136. The zero-order valence-corrected chi connectivity index (χ0v) is 21.1. The molecule has 0 bridgehead atoms. The second kappa shape index (κ2) is 9.84. The van der Waals surface area contributed by atoms with Crippen molar-refractivity contribution < 1.29 is 14.3 Å². The number of methoxy groups -OCH3 is 1. The summed E-state index contributed by atoms with van der Waals surface area (Å²) in [4.78, 5) is 42.7. The van der Waals surface area contributed by atoms with Crippen LogP contribution in [-0.4, -0.2) is 23.6 Å². The molecule has 7 nitrogen and oxygen atoms in total. The third-order valence-electron chi connectivity index (χ3n) is 5.87. The highest BCUT2D eigenvalue weighted by atomic mass is 32.1. The first-order valence-corrected chi connectivity index (χ1v) is 12.1. The number of aromatic nitrogens is 1. The molecule has 1 aliphatic heterocycles. The van der Waals surface area contributed by atoms with Crippen molar-refractivity contribution in [3.05, 3.63) is 96.2 Å². The van der Waals surface area contributed by atoms with Gasteiger partial charge >= 0.3 is 5.97 Å². The van der Waals surface area contributed by atoms with Gasteiger partial charge in [0.15, 0.2) is 4.80 Å². The van der Waals surface area contributed by atoms with E-state index in [1.807, 2.05) is 36.4 Å². The number of ether oxygens (including phenoxy) is 1. The van der Waals surface area contributed by atoms with Crippen LogP contribution in [0.4, 0.5) is 5.69 Å². The first-order chi connectivity index (χ1) is 16.7. The Bertz CT molecular complexity index is 1490. The number of allylic oxidation sites excluding steroid dienone is 1. The number of fused-ring (bicyclic) bond motifs is 1. The number of carbonyl (C=O) groups is 2. The quantitative estimate of drug-likeness (QED) is 0.556. The van der Waals surface area contributed by atoms with E-state index in [0.29, 0.717) is 32.2 Å². The number of carbonyl (C=O) groups excluding carboxylic acids is 2. The normalized spacial score (nSPS) is 15.6. The number of thiazole rings is 1. The summed E-state index contributed by atoms with van der Waals surface area (Å²) in [6.45, 7) is 7.45. The average molecular weight is 490 g/mol. The largest absolute Gasteiger partial charge is 0.466 e. The lowest BCUT2D eigenvalue weighted by Crippen LogP contribution is -2.39. The van der Waals surface area contributed by atoms with E-state index in [0.717, 1.165) is 11.1 Å². The molecule has 0 spiro atoms. The average Bonchev–Trinajstić information content (AvgIpc) is 3.13. The maximum atomic E-state index is 13.6. The van der Waals surface area contributed by atoms with Gasteiger partial charge in [-0.25, -0.2) is 9.79 Å². The first-order valence-electron chi connectivity index (χ1n) is 11.3. The van der Waals surface area contributed by atoms with E-state index in [9.17, 15) is 14.4 Å². The maximum absolute atomic E-state index is 13.6. The summed E-state index contributed by atoms with van der Waals surface area (Å²) in [7, 11) is 1.33. The number of hydrogen-bond donors (Lipinski definition) is 1. The van der Waals surface area contributed by atoms with Gasteiger partial charge in [0.05, 0.1) is 29.0 Å². The van der Waals surface area contributed by atoms with Gasteiger partial charge in [0, 0.05) is 12.6 Å². The molecule has 0 aliphatic carbocycles. The third-order valence-corrected chi connectivity index (χ3v) is 6.86. The zero-order valence-electron chi connectivity index (χ0n) is 20.3. The molecule has 1 amide bonds. The topological polar surface area (TPSA) is 89.8 Å². The van der Waals surface area contributed by atoms with Crippen LogP contribution < -0.4 is 20.2 Å². The molecule has 0 unspecified atom stereocenters.